The van der Waals surface area contributed by atoms with Crippen LogP contribution < -0.4 is 20.5 Å². The first-order valence-electron chi connectivity index (χ1n) is 4.62. The van der Waals surface area contributed by atoms with Gasteiger partial charge in [-0.25, -0.2) is 0 Å². The summed E-state index contributed by atoms with van der Waals surface area (Å²) in [5, 5.41) is 3.25. The zero-order valence-corrected chi connectivity index (χ0v) is 8.12. The predicted octanol–water partition coefficient (Wildman–Crippen LogP) is 0.827. The van der Waals surface area contributed by atoms with Crippen molar-refractivity contribution in [3.05, 3.63) is 18.2 Å². The molecule has 0 bridgehead atoms. The minimum Gasteiger partial charge on any atom is -0.493 e. The molecule has 76 valence electrons. The number of methoxy groups -OCH3 is 1. The summed E-state index contributed by atoms with van der Waals surface area (Å²) in [7, 11) is 1.63. The molecule has 0 amide bonds. The summed E-state index contributed by atoms with van der Waals surface area (Å²) < 4.78 is 10.9. The first-order chi connectivity index (χ1) is 6.85. The van der Waals surface area contributed by atoms with Crippen LogP contribution >= 0.6 is 0 Å². The maximum atomic E-state index is 5.69. The molecule has 1 aromatic carbocycles. The van der Waals surface area contributed by atoms with Crippen molar-refractivity contribution in [1.29, 1.82) is 0 Å². The molecule has 0 fully saturated rings. The van der Waals surface area contributed by atoms with E-state index in [2.05, 4.69) is 5.32 Å². The van der Waals surface area contributed by atoms with Crippen molar-refractivity contribution in [2.45, 2.75) is 6.10 Å². The number of fused-ring (bicyclic) bond motifs is 1. The maximum absolute atomic E-state index is 5.69. The van der Waals surface area contributed by atoms with E-state index < -0.39 is 0 Å². The number of benzene rings is 1. The van der Waals surface area contributed by atoms with Crippen molar-refractivity contribution in [1.82, 2.24) is 0 Å². The molecule has 1 aliphatic rings. The highest BCUT2D eigenvalue weighted by Crippen LogP contribution is 2.37. The lowest BCUT2D eigenvalue weighted by Crippen LogP contribution is -2.37. The van der Waals surface area contributed by atoms with Gasteiger partial charge < -0.3 is 20.5 Å². The molecular weight excluding hydrogens is 180 g/mol. The highest BCUT2D eigenvalue weighted by molar-refractivity contribution is 5.64. The smallest absolute Gasteiger partial charge is 0.184 e. The molecule has 1 heterocycles. The van der Waals surface area contributed by atoms with Gasteiger partial charge in [0.1, 0.15) is 6.10 Å². The molecule has 2 rings (SSSR count). The van der Waals surface area contributed by atoms with E-state index in [1.54, 1.807) is 7.11 Å². The number of rotatable bonds is 2. The third kappa shape index (κ3) is 1.48. The van der Waals surface area contributed by atoms with Crippen molar-refractivity contribution in [3.63, 3.8) is 0 Å². The number of para-hydroxylation sites is 1. The third-order valence-electron chi connectivity index (χ3n) is 2.27. The zero-order valence-electron chi connectivity index (χ0n) is 8.12. The number of nitrogens with two attached hydrogens (primary N) is 1. The minimum absolute atomic E-state index is 0.0267. The fourth-order valence-corrected chi connectivity index (χ4v) is 1.50. The van der Waals surface area contributed by atoms with Crippen molar-refractivity contribution >= 4 is 5.69 Å². The van der Waals surface area contributed by atoms with E-state index in [1.807, 2.05) is 18.2 Å². The molecule has 1 aliphatic heterocycles. The molecule has 3 N–H and O–H groups in total. The Labute approximate surface area is 83.0 Å². The second-order valence-electron chi connectivity index (χ2n) is 3.19. The van der Waals surface area contributed by atoms with E-state index in [9.17, 15) is 0 Å². The average Bonchev–Trinajstić information content (AvgIpc) is 2.27. The minimum atomic E-state index is 0.0267. The second kappa shape index (κ2) is 3.75. The topological polar surface area (TPSA) is 56.5 Å². The van der Waals surface area contributed by atoms with Crippen molar-refractivity contribution in [3.8, 4) is 11.5 Å². The van der Waals surface area contributed by atoms with Gasteiger partial charge in [0, 0.05) is 6.54 Å². The van der Waals surface area contributed by atoms with Crippen LogP contribution in [-0.2, 0) is 0 Å². The Morgan fingerprint density at radius 1 is 1.64 bits per heavy atom. The van der Waals surface area contributed by atoms with Crippen molar-refractivity contribution in [2.24, 2.45) is 5.73 Å². The Hall–Kier alpha value is -1.42. The van der Waals surface area contributed by atoms with Gasteiger partial charge in [0.05, 0.1) is 19.3 Å². The number of anilines is 1. The van der Waals surface area contributed by atoms with Gasteiger partial charge in [-0.1, -0.05) is 6.07 Å². The van der Waals surface area contributed by atoms with Crippen LogP contribution in [0.3, 0.4) is 0 Å². The van der Waals surface area contributed by atoms with Gasteiger partial charge >= 0.3 is 0 Å². The Kier molecular flexibility index (Phi) is 2.45. The Balaban J connectivity index is 2.33. The fourth-order valence-electron chi connectivity index (χ4n) is 1.50. The van der Waals surface area contributed by atoms with Gasteiger partial charge in [-0.2, -0.15) is 0 Å². The van der Waals surface area contributed by atoms with E-state index in [1.165, 1.54) is 0 Å². The van der Waals surface area contributed by atoms with Crippen molar-refractivity contribution in [2.75, 3.05) is 25.5 Å². The predicted molar refractivity (Wildman–Crippen MR) is 55.0 cm³/mol. The zero-order chi connectivity index (χ0) is 9.97. The number of hydrogen-bond donors (Lipinski definition) is 2. The second-order valence-corrected chi connectivity index (χ2v) is 3.19. The quantitative estimate of drug-likeness (QED) is 0.732. The summed E-state index contributed by atoms with van der Waals surface area (Å²) in [5.41, 5.74) is 6.51. The van der Waals surface area contributed by atoms with Gasteiger partial charge in [0.2, 0.25) is 0 Å². The molecule has 1 atom stereocenters. The van der Waals surface area contributed by atoms with Crippen LogP contribution in [0, 0.1) is 0 Å². The molecular formula is C10H14N2O2. The van der Waals surface area contributed by atoms with E-state index in [-0.39, 0.29) is 6.10 Å². The largest absolute Gasteiger partial charge is 0.493 e. The molecule has 0 aromatic heterocycles. The average molecular weight is 194 g/mol. The molecule has 4 heteroatoms. The molecule has 0 saturated heterocycles. The summed E-state index contributed by atoms with van der Waals surface area (Å²) in [6, 6.07) is 5.76. The summed E-state index contributed by atoms with van der Waals surface area (Å²) in [6.07, 6.45) is 0.0267. The first kappa shape index (κ1) is 9.15. The Morgan fingerprint density at radius 2 is 2.50 bits per heavy atom. The fraction of sp³-hybridized carbons (Fsp3) is 0.400. The molecule has 0 spiro atoms. The highest BCUT2D eigenvalue weighted by Gasteiger charge is 2.20. The van der Waals surface area contributed by atoms with Gasteiger partial charge in [-0.15, -0.1) is 0 Å². The highest BCUT2D eigenvalue weighted by atomic mass is 16.5. The lowest BCUT2D eigenvalue weighted by atomic mass is 10.2. The van der Waals surface area contributed by atoms with E-state index in [0.29, 0.717) is 6.54 Å². The van der Waals surface area contributed by atoms with Crippen LogP contribution in [0.5, 0.6) is 11.5 Å². The van der Waals surface area contributed by atoms with Crippen LogP contribution in [0.15, 0.2) is 18.2 Å². The van der Waals surface area contributed by atoms with Gasteiger partial charge in [0.25, 0.3) is 0 Å². The Bertz CT molecular complexity index is 314. The van der Waals surface area contributed by atoms with Crippen LogP contribution in [0.4, 0.5) is 5.69 Å². The SMILES string of the molecule is COc1cccc2c1O[C@H](CN)CN2. The maximum Gasteiger partial charge on any atom is 0.184 e. The molecule has 0 saturated carbocycles. The lowest BCUT2D eigenvalue weighted by Gasteiger charge is -2.27. The summed E-state index contributed by atoms with van der Waals surface area (Å²) in [6.45, 7) is 1.25. The monoisotopic (exact) mass is 194 g/mol. The van der Waals surface area contributed by atoms with E-state index in [0.717, 1.165) is 23.7 Å². The van der Waals surface area contributed by atoms with Gasteiger partial charge in [-0.3, -0.25) is 0 Å². The van der Waals surface area contributed by atoms with Gasteiger partial charge in [-0.05, 0) is 12.1 Å². The standard InChI is InChI=1S/C10H14N2O2/c1-13-9-4-2-3-8-10(9)14-7(5-11)6-12-8/h2-4,7,12H,5-6,11H2,1H3/t7-/m1/s1. The molecule has 14 heavy (non-hydrogen) atoms. The number of hydrogen-bond acceptors (Lipinski definition) is 4. The number of ether oxygens (including phenoxy) is 2. The van der Waals surface area contributed by atoms with Crippen LogP contribution in [0.1, 0.15) is 0 Å². The summed E-state index contributed by atoms with van der Waals surface area (Å²) in [5.74, 6) is 1.50. The van der Waals surface area contributed by atoms with Crippen LogP contribution in [0.2, 0.25) is 0 Å². The summed E-state index contributed by atoms with van der Waals surface area (Å²) >= 11 is 0. The molecule has 0 unspecified atom stereocenters. The van der Waals surface area contributed by atoms with Crippen LogP contribution in [-0.4, -0.2) is 26.3 Å². The van der Waals surface area contributed by atoms with E-state index in [4.69, 9.17) is 15.2 Å². The molecule has 0 radical (unpaired) electrons. The molecule has 1 aromatic rings. The van der Waals surface area contributed by atoms with Crippen LogP contribution in [0.25, 0.3) is 0 Å². The Morgan fingerprint density at radius 3 is 3.21 bits per heavy atom. The molecule has 4 nitrogen and oxygen atoms in total. The summed E-state index contributed by atoms with van der Waals surface area (Å²) in [4.78, 5) is 0. The third-order valence-corrected chi connectivity index (χ3v) is 2.27. The normalized spacial score (nSPS) is 19.1. The van der Waals surface area contributed by atoms with Gasteiger partial charge in [0.15, 0.2) is 11.5 Å². The van der Waals surface area contributed by atoms with E-state index >= 15 is 0 Å². The molecule has 0 aliphatic carbocycles. The van der Waals surface area contributed by atoms with Crippen molar-refractivity contribution < 1.29 is 9.47 Å². The first-order valence-corrected chi connectivity index (χ1v) is 4.62. The number of nitrogens with one attached hydrogen (secondary N) is 1. The lowest BCUT2D eigenvalue weighted by molar-refractivity contribution is 0.204.